The first kappa shape index (κ1) is 9.36. The Balaban J connectivity index is 2.15. The van der Waals surface area contributed by atoms with Crippen LogP contribution in [0.3, 0.4) is 0 Å². The number of carbonyl (C=O) groups is 1. The van der Waals surface area contributed by atoms with Crippen LogP contribution in [-0.2, 0) is 0 Å². The van der Waals surface area contributed by atoms with Gasteiger partial charge in [-0.2, -0.15) is 0 Å². The molecule has 0 aromatic rings. The molecule has 0 aliphatic heterocycles. The van der Waals surface area contributed by atoms with Crippen LogP contribution >= 0.6 is 0 Å². The van der Waals surface area contributed by atoms with Crippen LogP contribution in [0.2, 0.25) is 0 Å². The fourth-order valence-corrected chi connectivity index (χ4v) is 1.60. The molecule has 1 radical (unpaired) electrons. The molecule has 0 unspecified atom stereocenters. The lowest BCUT2D eigenvalue weighted by molar-refractivity contribution is 0.233. The molecule has 0 aromatic carbocycles. The van der Waals surface area contributed by atoms with E-state index in [-0.39, 0.29) is 6.03 Å². The molecule has 1 rings (SSSR count). The first-order valence-electron chi connectivity index (χ1n) is 4.66. The van der Waals surface area contributed by atoms with Crippen LogP contribution in [0.4, 0.5) is 4.79 Å². The third kappa shape index (κ3) is 3.11. The maximum atomic E-state index is 11.0. The van der Waals surface area contributed by atoms with Crippen molar-refractivity contribution in [2.24, 2.45) is 0 Å². The Morgan fingerprint density at radius 3 is 2.58 bits per heavy atom. The van der Waals surface area contributed by atoms with Gasteiger partial charge in [0, 0.05) is 12.6 Å². The second-order valence-corrected chi connectivity index (χ2v) is 3.24. The van der Waals surface area contributed by atoms with E-state index in [1.165, 1.54) is 19.3 Å². The quantitative estimate of drug-likeness (QED) is 0.645. The van der Waals surface area contributed by atoms with E-state index in [9.17, 15) is 4.79 Å². The monoisotopic (exact) mass is 169 g/mol. The predicted molar refractivity (Wildman–Crippen MR) is 48.8 cm³/mol. The van der Waals surface area contributed by atoms with Crippen molar-refractivity contribution in [2.45, 2.75) is 38.1 Å². The summed E-state index contributed by atoms with van der Waals surface area (Å²) in [6, 6.07) is 0.321. The van der Waals surface area contributed by atoms with E-state index >= 15 is 0 Å². The fourth-order valence-electron chi connectivity index (χ4n) is 1.60. The van der Waals surface area contributed by atoms with Gasteiger partial charge in [0.05, 0.1) is 0 Å². The Morgan fingerprint density at radius 2 is 2.00 bits per heavy atom. The van der Waals surface area contributed by atoms with Crippen molar-refractivity contribution < 1.29 is 4.79 Å². The summed E-state index contributed by atoms with van der Waals surface area (Å²) in [6.45, 7) is 4.00. The summed E-state index contributed by atoms with van der Waals surface area (Å²) in [7, 11) is 0. The summed E-state index contributed by atoms with van der Waals surface area (Å²) in [5, 5.41) is 5.56. The van der Waals surface area contributed by atoms with Crippen molar-refractivity contribution in [3.8, 4) is 0 Å². The number of carbonyl (C=O) groups excluding carboxylic acids is 1. The second kappa shape index (κ2) is 5.01. The number of rotatable bonds is 2. The molecular formula is C9H17N2O. The lowest BCUT2D eigenvalue weighted by atomic mass is 9.96. The molecule has 0 aromatic heterocycles. The average Bonchev–Trinajstić information content (AvgIpc) is 2.06. The van der Waals surface area contributed by atoms with E-state index in [1.807, 2.05) is 0 Å². The standard InChI is InChI=1S/C9H17N2O/c1-2-10-9(12)11-8-6-4-3-5-7-8/h8H,1-7H2,(H2,10,11,12). The molecular weight excluding hydrogens is 152 g/mol. The van der Waals surface area contributed by atoms with Gasteiger partial charge in [-0.15, -0.1) is 0 Å². The average molecular weight is 169 g/mol. The van der Waals surface area contributed by atoms with Gasteiger partial charge in [-0.3, -0.25) is 0 Å². The smallest absolute Gasteiger partial charge is 0.315 e. The van der Waals surface area contributed by atoms with E-state index < -0.39 is 0 Å². The van der Waals surface area contributed by atoms with Crippen molar-refractivity contribution >= 4 is 6.03 Å². The van der Waals surface area contributed by atoms with Crippen LogP contribution in [-0.4, -0.2) is 18.6 Å². The van der Waals surface area contributed by atoms with Gasteiger partial charge in [-0.1, -0.05) is 19.3 Å². The van der Waals surface area contributed by atoms with E-state index in [4.69, 9.17) is 0 Å². The lowest BCUT2D eigenvalue weighted by Gasteiger charge is -2.22. The Kier molecular flexibility index (Phi) is 3.91. The molecule has 3 heteroatoms. The van der Waals surface area contributed by atoms with Gasteiger partial charge in [0.25, 0.3) is 0 Å². The molecule has 0 bridgehead atoms. The number of urea groups is 1. The van der Waals surface area contributed by atoms with Crippen molar-refractivity contribution in [3.05, 3.63) is 6.92 Å². The lowest BCUT2D eigenvalue weighted by Crippen LogP contribution is -2.42. The zero-order valence-electron chi connectivity index (χ0n) is 7.44. The molecule has 2 N–H and O–H groups in total. The molecule has 1 aliphatic carbocycles. The summed E-state index contributed by atoms with van der Waals surface area (Å²) >= 11 is 0. The highest BCUT2D eigenvalue weighted by molar-refractivity contribution is 5.74. The van der Waals surface area contributed by atoms with E-state index in [2.05, 4.69) is 17.6 Å². The van der Waals surface area contributed by atoms with Crippen LogP contribution in [0.15, 0.2) is 0 Å². The van der Waals surface area contributed by atoms with Crippen LogP contribution in [0.5, 0.6) is 0 Å². The molecule has 2 amide bonds. The minimum atomic E-state index is -0.0723. The summed E-state index contributed by atoms with van der Waals surface area (Å²) in [5.74, 6) is 0. The molecule has 0 heterocycles. The van der Waals surface area contributed by atoms with Gasteiger partial charge in [0.2, 0.25) is 0 Å². The molecule has 1 aliphatic rings. The normalized spacial score (nSPS) is 18.8. The Morgan fingerprint density at radius 1 is 1.33 bits per heavy atom. The highest BCUT2D eigenvalue weighted by atomic mass is 16.2. The van der Waals surface area contributed by atoms with Crippen molar-refractivity contribution in [1.29, 1.82) is 0 Å². The van der Waals surface area contributed by atoms with Gasteiger partial charge in [-0.05, 0) is 19.8 Å². The molecule has 0 atom stereocenters. The van der Waals surface area contributed by atoms with Crippen LogP contribution < -0.4 is 10.6 Å². The Hall–Kier alpha value is -0.730. The predicted octanol–water partition coefficient (Wildman–Crippen LogP) is 1.45. The van der Waals surface area contributed by atoms with Crippen molar-refractivity contribution in [3.63, 3.8) is 0 Å². The first-order valence-corrected chi connectivity index (χ1v) is 4.66. The minimum absolute atomic E-state index is 0.0723. The molecule has 0 saturated heterocycles. The maximum Gasteiger partial charge on any atom is 0.315 e. The summed E-state index contributed by atoms with van der Waals surface area (Å²) in [6.07, 6.45) is 6.06. The highest BCUT2D eigenvalue weighted by Gasteiger charge is 2.14. The summed E-state index contributed by atoms with van der Waals surface area (Å²) in [4.78, 5) is 11.0. The fraction of sp³-hybridized carbons (Fsp3) is 0.778. The Labute approximate surface area is 73.9 Å². The molecule has 3 nitrogen and oxygen atoms in total. The van der Waals surface area contributed by atoms with Gasteiger partial charge in [0.1, 0.15) is 0 Å². The largest absolute Gasteiger partial charge is 0.338 e. The summed E-state index contributed by atoms with van der Waals surface area (Å²) < 4.78 is 0. The first-order chi connectivity index (χ1) is 5.83. The SMILES string of the molecule is [CH2]CNC(=O)NC1CCCCC1. The van der Waals surface area contributed by atoms with E-state index in [0.29, 0.717) is 12.6 Å². The maximum absolute atomic E-state index is 11.0. The van der Waals surface area contributed by atoms with Gasteiger partial charge in [0.15, 0.2) is 0 Å². The molecule has 1 fully saturated rings. The van der Waals surface area contributed by atoms with Crippen molar-refractivity contribution in [2.75, 3.05) is 6.54 Å². The molecule has 0 spiro atoms. The van der Waals surface area contributed by atoms with Crippen LogP contribution in [0, 0.1) is 6.92 Å². The van der Waals surface area contributed by atoms with Gasteiger partial charge >= 0.3 is 6.03 Å². The van der Waals surface area contributed by atoms with Gasteiger partial charge in [-0.25, -0.2) is 4.79 Å². The van der Waals surface area contributed by atoms with Crippen molar-refractivity contribution in [1.82, 2.24) is 10.6 Å². The minimum Gasteiger partial charge on any atom is -0.338 e. The third-order valence-corrected chi connectivity index (χ3v) is 2.23. The Bertz CT molecular complexity index is 141. The molecule has 69 valence electrons. The third-order valence-electron chi connectivity index (χ3n) is 2.23. The second-order valence-electron chi connectivity index (χ2n) is 3.24. The number of hydrogen-bond donors (Lipinski definition) is 2. The van der Waals surface area contributed by atoms with Gasteiger partial charge < -0.3 is 10.6 Å². The number of nitrogens with one attached hydrogen (secondary N) is 2. The van der Waals surface area contributed by atoms with Crippen LogP contribution in [0.1, 0.15) is 32.1 Å². The van der Waals surface area contributed by atoms with Crippen LogP contribution in [0.25, 0.3) is 0 Å². The number of hydrogen-bond acceptors (Lipinski definition) is 1. The molecule has 1 saturated carbocycles. The summed E-state index contributed by atoms with van der Waals surface area (Å²) in [5.41, 5.74) is 0. The topological polar surface area (TPSA) is 41.1 Å². The highest BCUT2D eigenvalue weighted by Crippen LogP contribution is 2.16. The zero-order chi connectivity index (χ0) is 8.81. The van der Waals surface area contributed by atoms with E-state index in [0.717, 1.165) is 12.8 Å². The molecule has 12 heavy (non-hydrogen) atoms. The zero-order valence-corrected chi connectivity index (χ0v) is 7.44. The van der Waals surface area contributed by atoms with E-state index in [1.54, 1.807) is 0 Å². The number of amides is 2.